The maximum atomic E-state index is 13.2. The molecule has 0 aliphatic carbocycles. The van der Waals surface area contributed by atoms with E-state index in [0.717, 1.165) is 66.7 Å². The van der Waals surface area contributed by atoms with Crippen molar-refractivity contribution in [3.8, 4) is 11.1 Å². The summed E-state index contributed by atoms with van der Waals surface area (Å²) in [6, 6.07) is 8.48. The molecule has 3 aliphatic heterocycles. The average Bonchev–Trinajstić information content (AvgIpc) is 3.39. The lowest BCUT2D eigenvalue weighted by Gasteiger charge is -2.32. The second kappa shape index (κ2) is 10.9. The Bertz CT molecular complexity index is 1370. The van der Waals surface area contributed by atoms with Crippen LogP contribution in [0.25, 0.3) is 16.7 Å². The van der Waals surface area contributed by atoms with Gasteiger partial charge in [-0.05, 0) is 93.2 Å². The third-order valence-corrected chi connectivity index (χ3v) is 9.35. The van der Waals surface area contributed by atoms with Crippen LogP contribution in [0.2, 0.25) is 0 Å². The van der Waals surface area contributed by atoms with E-state index in [1.54, 1.807) is 12.3 Å². The molecule has 0 saturated carbocycles. The zero-order chi connectivity index (χ0) is 27.8. The van der Waals surface area contributed by atoms with Gasteiger partial charge in [0.2, 0.25) is 0 Å². The maximum Gasteiger partial charge on any atom is 0.410 e. The summed E-state index contributed by atoms with van der Waals surface area (Å²) in [6.45, 7) is 7.83. The van der Waals surface area contributed by atoms with Gasteiger partial charge in [0.25, 0.3) is 0 Å². The smallest absolute Gasteiger partial charge is 0.410 e. The van der Waals surface area contributed by atoms with Gasteiger partial charge in [-0.2, -0.15) is 0 Å². The molecule has 1 atom stereocenters. The van der Waals surface area contributed by atoms with Gasteiger partial charge in [0.15, 0.2) is 9.84 Å². The van der Waals surface area contributed by atoms with Gasteiger partial charge in [0.05, 0.1) is 17.5 Å². The first kappa shape index (κ1) is 27.6. The minimum Gasteiger partial charge on any atom is -0.444 e. The van der Waals surface area contributed by atoms with Gasteiger partial charge in [-0.15, -0.1) is 0 Å². The second-order valence-corrected chi connectivity index (χ2v) is 14.0. The molecule has 0 radical (unpaired) electrons. The molecule has 2 aromatic rings. The van der Waals surface area contributed by atoms with Crippen molar-refractivity contribution in [3.63, 3.8) is 0 Å². The van der Waals surface area contributed by atoms with E-state index in [0.29, 0.717) is 24.7 Å². The summed E-state index contributed by atoms with van der Waals surface area (Å²) in [6.07, 6.45) is 7.39. The number of benzene rings is 1. The van der Waals surface area contributed by atoms with E-state index in [1.165, 1.54) is 5.56 Å². The quantitative estimate of drug-likeness (QED) is 0.532. The van der Waals surface area contributed by atoms with Crippen LogP contribution in [-0.4, -0.2) is 61.3 Å². The summed E-state index contributed by atoms with van der Waals surface area (Å²) in [5, 5.41) is 0. The molecule has 2 saturated heterocycles. The summed E-state index contributed by atoms with van der Waals surface area (Å²) in [5.41, 5.74) is 11.7. The summed E-state index contributed by atoms with van der Waals surface area (Å²) in [4.78, 5) is 19.6. The molecule has 0 spiro atoms. The SMILES string of the molecule is CC(C)(C)OC(=O)N1CCC[C@H]1c1cc(-c2cnc(N)c(C3=CCS(=O)(=O)CC3)c2)ccc1C1CCOCC1. The van der Waals surface area contributed by atoms with Gasteiger partial charge in [-0.25, -0.2) is 18.2 Å². The number of allylic oxidation sites excluding steroid dienone is 1. The first-order valence-electron chi connectivity index (χ1n) is 13.9. The number of amides is 1. The molecule has 4 heterocycles. The molecule has 1 aromatic heterocycles. The molecule has 3 aliphatic rings. The van der Waals surface area contributed by atoms with Gasteiger partial charge in [0.1, 0.15) is 11.4 Å². The van der Waals surface area contributed by atoms with Crippen molar-refractivity contribution in [1.29, 1.82) is 0 Å². The molecule has 2 fully saturated rings. The summed E-state index contributed by atoms with van der Waals surface area (Å²) in [7, 11) is -3.04. The molecule has 0 bridgehead atoms. The summed E-state index contributed by atoms with van der Waals surface area (Å²) >= 11 is 0. The summed E-state index contributed by atoms with van der Waals surface area (Å²) in [5.74, 6) is 0.917. The minimum atomic E-state index is -3.04. The van der Waals surface area contributed by atoms with Crippen molar-refractivity contribution in [3.05, 3.63) is 53.2 Å². The highest BCUT2D eigenvalue weighted by molar-refractivity contribution is 7.91. The fourth-order valence-corrected chi connectivity index (χ4v) is 7.02. The van der Waals surface area contributed by atoms with Crippen molar-refractivity contribution in [1.82, 2.24) is 9.88 Å². The first-order valence-corrected chi connectivity index (χ1v) is 15.7. The van der Waals surface area contributed by atoms with Gasteiger partial charge in [0, 0.05) is 37.1 Å². The number of carbonyl (C=O) groups excluding carboxylic acids is 1. The van der Waals surface area contributed by atoms with Gasteiger partial charge in [-0.3, -0.25) is 0 Å². The van der Waals surface area contributed by atoms with Crippen LogP contribution in [0.15, 0.2) is 36.5 Å². The molecule has 9 heteroatoms. The Balaban J connectivity index is 1.54. The lowest BCUT2D eigenvalue weighted by atomic mass is 9.83. The van der Waals surface area contributed by atoms with Crippen molar-refractivity contribution in [2.24, 2.45) is 0 Å². The monoisotopic (exact) mass is 553 g/mol. The Morgan fingerprint density at radius 2 is 1.87 bits per heavy atom. The number of nitrogen functional groups attached to an aromatic ring is 1. The van der Waals surface area contributed by atoms with E-state index in [9.17, 15) is 13.2 Å². The number of hydrogen-bond acceptors (Lipinski definition) is 7. The van der Waals surface area contributed by atoms with Crippen LogP contribution in [0.5, 0.6) is 0 Å². The largest absolute Gasteiger partial charge is 0.444 e. The van der Waals surface area contributed by atoms with Crippen LogP contribution in [0.4, 0.5) is 10.6 Å². The average molecular weight is 554 g/mol. The Hall–Kier alpha value is -2.91. The highest BCUT2D eigenvalue weighted by atomic mass is 32.2. The van der Waals surface area contributed by atoms with Gasteiger partial charge < -0.3 is 20.1 Å². The number of nitrogens with zero attached hydrogens (tertiary/aromatic N) is 2. The standard InChI is InChI=1S/C30H39N3O5S/c1-30(2,3)38-29(34)33-12-4-5-27(33)26-17-22(6-7-24(26)20-8-13-37-14-9-20)23-18-25(28(31)32-19-23)21-10-15-39(35,36)16-11-21/h6-7,10,17-20,27H,4-5,8-9,11-16H2,1-3H3,(H2,31,32)/t27-/m0/s1. The van der Waals surface area contributed by atoms with Crippen LogP contribution in [0.1, 0.15) is 81.5 Å². The van der Waals surface area contributed by atoms with E-state index < -0.39 is 15.4 Å². The van der Waals surface area contributed by atoms with Gasteiger partial charge >= 0.3 is 6.09 Å². The van der Waals surface area contributed by atoms with Gasteiger partial charge in [-0.1, -0.05) is 18.2 Å². The molecule has 8 nitrogen and oxygen atoms in total. The van der Waals surface area contributed by atoms with Crippen LogP contribution < -0.4 is 5.73 Å². The highest BCUT2D eigenvalue weighted by Crippen LogP contribution is 2.42. The van der Waals surface area contributed by atoms with Crippen molar-refractivity contribution < 1.29 is 22.7 Å². The van der Waals surface area contributed by atoms with Crippen LogP contribution >= 0.6 is 0 Å². The van der Waals surface area contributed by atoms with E-state index in [2.05, 4.69) is 23.2 Å². The molecule has 2 N–H and O–H groups in total. The number of ether oxygens (including phenoxy) is 2. The number of anilines is 1. The van der Waals surface area contributed by atoms with Crippen molar-refractivity contribution in [2.75, 3.05) is 37.0 Å². The number of likely N-dealkylation sites (tertiary alicyclic amines) is 1. The van der Waals surface area contributed by atoms with Crippen LogP contribution in [0.3, 0.4) is 0 Å². The van der Waals surface area contributed by atoms with E-state index in [4.69, 9.17) is 15.2 Å². The Morgan fingerprint density at radius 3 is 2.56 bits per heavy atom. The van der Waals surface area contributed by atoms with Crippen molar-refractivity contribution in [2.45, 2.75) is 70.4 Å². The van der Waals surface area contributed by atoms with E-state index in [-0.39, 0.29) is 23.6 Å². The molecule has 5 rings (SSSR count). The normalized spacial score (nSPS) is 22.0. The lowest BCUT2D eigenvalue weighted by molar-refractivity contribution is 0.0222. The van der Waals surface area contributed by atoms with Crippen LogP contribution in [0, 0.1) is 0 Å². The fraction of sp³-hybridized carbons (Fsp3) is 0.533. The molecule has 39 heavy (non-hydrogen) atoms. The third-order valence-electron chi connectivity index (χ3n) is 7.85. The molecular formula is C30H39N3O5S. The predicted octanol–water partition coefficient (Wildman–Crippen LogP) is 5.50. The fourth-order valence-electron chi connectivity index (χ4n) is 5.87. The van der Waals surface area contributed by atoms with Crippen LogP contribution in [-0.2, 0) is 19.3 Å². The number of aromatic nitrogens is 1. The number of hydrogen-bond donors (Lipinski definition) is 1. The zero-order valence-corrected chi connectivity index (χ0v) is 23.9. The summed E-state index contributed by atoms with van der Waals surface area (Å²) < 4.78 is 35.3. The number of pyridine rings is 1. The molecular weight excluding hydrogens is 514 g/mol. The molecule has 1 amide bonds. The molecule has 0 unspecified atom stereocenters. The van der Waals surface area contributed by atoms with E-state index in [1.807, 2.05) is 31.7 Å². The first-order chi connectivity index (χ1) is 18.5. The van der Waals surface area contributed by atoms with Crippen molar-refractivity contribution >= 4 is 27.3 Å². The Labute approximate surface area is 231 Å². The predicted molar refractivity (Wildman–Crippen MR) is 153 cm³/mol. The minimum absolute atomic E-state index is 0.0259. The number of sulfone groups is 1. The topological polar surface area (TPSA) is 112 Å². The third kappa shape index (κ3) is 6.30. The second-order valence-electron chi connectivity index (χ2n) is 11.8. The highest BCUT2D eigenvalue weighted by Gasteiger charge is 2.35. The van der Waals surface area contributed by atoms with E-state index >= 15 is 0 Å². The molecule has 1 aromatic carbocycles. The number of rotatable bonds is 4. The Kier molecular flexibility index (Phi) is 7.75. The molecule has 210 valence electrons. The zero-order valence-electron chi connectivity index (χ0n) is 23.1. The number of carbonyl (C=O) groups is 1. The Morgan fingerprint density at radius 1 is 1.10 bits per heavy atom. The number of nitrogens with two attached hydrogens (primary N) is 1. The maximum absolute atomic E-state index is 13.2. The lowest BCUT2D eigenvalue weighted by Crippen LogP contribution is -2.36.